The summed E-state index contributed by atoms with van der Waals surface area (Å²) in [4.78, 5) is 11.3. The Morgan fingerprint density at radius 3 is 2.21 bits per heavy atom. The quantitative estimate of drug-likeness (QED) is 0.636. The number of nitrogens with zero attached hydrogens (tertiary/aromatic N) is 2. The molecule has 0 bridgehead atoms. The molecule has 7 nitrogen and oxygen atoms in total. The monoisotopic (exact) mass is 399 g/mol. The molecule has 146 valence electrons. The maximum atomic E-state index is 12.9. The highest BCUT2D eigenvalue weighted by Crippen LogP contribution is 2.24. The lowest BCUT2D eigenvalue weighted by molar-refractivity contribution is -0.136. The Bertz CT molecular complexity index is 1080. The first-order valence-electron chi connectivity index (χ1n) is 8.68. The Morgan fingerprint density at radius 1 is 1.07 bits per heavy atom. The van der Waals surface area contributed by atoms with Crippen molar-refractivity contribution in [3.05, 3.63) is 83.2 Å². The molecular weight excluding hydrogens is 378 g/mol. The van der Waals surface area contributed by atoms with Crippen molar-refractivity contribution in [3.8, 4) is 0 Å². The number of carboxylic acid groups (broad SMARTS) is 1. The second-order valence-electron chi connectivity index (χ2n) is 6.41. The van der Waals surface area contributed by atoms with Crippen molar-refractivity contribution in [2.45, 2.75) is 31.3 Å². The summed E-state index contributed by atoms with van der Waals surface area (Å²) in [6.45, 7) is 3.46. The van der Waals surface area contributed by atoms with Gasteiger partial charge < -0.3 is 5.11 Å². The first kappa shape index (κ1) is 19.8. The maximum Gasteiger partial charge on any atom is 0.307 e. The standard InChI is InChI=1S/C20H21N3O4S/c1-14-18(13-19(24)25)15(2)23(21-14)20(16-9-5-3-6-10-16)22-28(26,27)17-11-7-4-8-12-17/h3-12,20,22H,13H2,1-2H3,(H,24,25). The second kappa shape index (κ2) is 7.95. The van der Waals surface area contributed by atoms with Gasteiger partial charge in [0.25, 0.3) is 0 Å². The molecule has 0 fully saturated rings. The smallest absolute Gasteiger partial charge is 0.307 e. The van der Waals surface area contributed by atoms with Gasteiger partial charge in [0.1, 0.15) is 6.17 Å². The van der Waals surface area contributed by atoms with Gasteiger partial charge in [-0.2, -0.15) is 9.82 Å². The van der Waals surface area contributed by atoms with Gasteiger partial charge in [-0.1, -0.05) is 48.5 Å². The van der Waals surface area contributed by atoms with Crippen LogP contribution in [0.3, 0.4) is 0 Å². The highest BCUT2D eigenvalue weighted by atomic mass is 32.2. The van der Waals surface area contributed by atoms with Gasteiger partial charge in [-0.25, -0.2) is 13.1 Å². The zero-order valence-corrected chi connectivity index (χ0v) is 16.3. The van der Waals surface area contributed by atoms with Crippen LogP contribution in [0.25, 0.3) is 0 Å². The Kier molecular flexibility index (Phi) is 5.62. The minimum absolute atomic E-state index is 0.142. The normalized spacial score (nSPS) is 12.6. The third-order valence-electron chi connectivity index (χ3n) is 4.48. The predicted molar refractivity (Wildman–Crippen MR) is 104 cm³/mol. The molecule has 28 heavy (non-hydrogen) atoms. The largest absolute Gasteiger partial charge is 0.481 e. The summed E-state index contributed by atoms with van der Waals surface area (Å²) in [5.74, 6) is -0.966. The number of rotatable bonds is 7. The molecule has 2 aromatic carbocycles. The van der Waals surface area contributed by atoms with E-state index >= 15 is 0 Å². The molecule has 0 radical (unpaired) electrons. The minimum Gasteiger partial charge on any atom is -0.481 e. The molecule has 0 spiro atoms. The van der Waals surface area contributed by atoms with Gasteiger partial charge in [-0.15, -0.1) is 0 Å². The third-order valence-corrected chi connectivity index (χ3v) is 5.91. The van der Waals surface area contributed by atoms with Gasteiger partial charge in [-0.05, 0) is 31.5 Å². The van der Waals surface area contributed by atoms with Crippen LogP contribution in [-0.2, 0) is 21.2 Å². The van der Waals surface area contributed by atoms with Crippen molar-refractivity contribution in [2.24, 2.45) is 0 Å². The SMILES string of the molecule is Cc1nn(C(NS(=O)(=O)c2ccccc2)c2ccccc2)c(C)c1CC(=O)O. The number of carbonyl (C=O) groups is 1. The molecule has 2 N–H and O–H groups in total. The molecule has 3 rings (SSSR count). The second-order valence-corrected chi connectivity index (χ2v) is 8.13. The van der Waals surface area contributed by atoms with E-state index in [0.29, 0.717) is 22.5 Å². The van der Waals surface area contributed by atoms with E-state index in [1.165, 1.54) is 16.8 Å². The average Bonchev–Trinajstić information content (AvgIpc) is 2.95. The van der Waals surface area contributed by atoms with Gasteiger partial charge in [0.15, 0.2) is 0 Å². The van der Waals surface area contributed by atoms with E-state index in [4.69, 9.17) is 5.11 Å². The van der Waals surface area contributed by atoms with Crippen LogP contribution < -0.4 is 4.72 Å². The molecule has 0 aliphatic heterocycles. The average molecular weight is 399 g/mol. The van der Waals surface area contributed by atoms with Gasteiger partial charge >= 0.3 is 5.97 Å². The van der Waals surface area contributed by atoms with Crippen LogP contribution in [0, 0.1) is 13.8 Å². The number of benzene rings is 2. The highest BCUT2D eigenvalue weighted by Gasteiger charge is 2.26. The maximum absolute atomic E-state index is 12.9. The fourth-order valence-electron chi connectivity index (χ4n) is 3.06. The van der Waals surface area contributed by atoms with E-state index in [1.807, 2.05) is 18.2 Å². The van der Waals surface area contributed by atoms with Gasteiger partial charge in [-0.3, -0.25) is 4.79 Å². The Morgan fingerprint density at radius 2 is 1.64 bits per heavy atom. The number of aryl methyl sites for hydroxylation is 1. The number of aromatic nitrogens is 2. The van der Waals surface area contributed by atoms with Crippen LogP contribution in [0.5, 0.6) is 0 Å². The summed E-state index contributed by atoms with van der Waals surface area (Å²) in [6.07, 6.45) is -0.988. The van der Waals surface area contributed by atoms with Crippen molar-refractivity contribution in [3.63, 3.8) is 0 Å². The zero-order chi connectivity index (χ0) is 20.3. The summed E-state index contributed by atoms with van der Waals surface area (Å²) >= 11 is 0. The van der Waals surface area contributed by atoms with Gasteiger partial charge in [0.2, 0.25) is 10.0 Å². The van der Waals surface area contributed by atoms with E-state index < -0.39 is 22.2 Å². The molecule has 0 amide bonds. The summed E-state index contributed by atoms with van der Waals surface area (Å²) in [7, 11) is -3.83. The predicted octanol–water partition coefficient (Wildman–Crippen LogP) is 2.65. The van der Waals surface area contributed by atoms with Gasteiger partial charge in [0.05, 0.1) is 17.0 Å². The zero-order valence-electron chi connectivity index (χ0n) is 15.5. The molecule has 1 atom stereocenters. The number of sulfonamides is 1. The molecule has 1 aromatic heterocycles. The lowest BCUT2D eigenvalue weighted by Crippen LogP contribution is -2.34. The molecule has 3 aromatic rings. The van der Waals surface area contributed by atoms with Crippen LogP contribution in [0.4, 0.5) is 0 Å². The van der Waals surface area contributed by atoms with Crippen molar-refractivity contribution >= 4 is 16.0 Å². The molecule has 1 heterocycles. The van der Waals surface area contributed by atoms with E-state index in [-0.39, 0.29) is 11.3 Å². The van der Waals surface area contributed by atoms with Crippen LogP contribution in [0.15, 0.2) is 65.6 Å². The number of hydrogen-bond acceptors (Lipinski definition) is 4. The van der Waals surface area contributed by atoms with Crippen LogP contribution >= 0.6 is 0 Å². The molecular formula is C20H21N3O4S. The van der Waals surface area contributed by atoms with Crippen molar-refractivity contribution < 1.29 is 18.3 Å². The molecule has 0 aliphatic carbocycles. The van der Waals surface area contributed by atoms with Crippen molar-refractivity contribution in [1.29, 1.82) is 0 Å². The Balaban J connectivity index is 2.09. The molecule has 0 saturated carbocycles. The number of hydrogen-bond donors (Lipinski definition) is 2. The number of carboxylic acids is 1. The Labute approximate surface area is 163 Å². The minimum atomic E-state index is -3.83. The van der Waals surface area contributed by atoms with E-state index in [0.717, 1.165) is 0 Å². The first-order valence-corrected chi connectivity index (χ1v) is 10.2. The van der Waals surface area contributed by atoms with E-state index in [1.54, 1.807) is 44.2 Å². The topological polar surface area (TPSA) is 101 Å². The molecule has 1 unspecified atom stereocenters. The first-order chi connectivity index (χ1) is 13.3. The highest BCUT2D eigenvalue weighted by molar-refractivity contribution is 7.89. The summed E-state index contributed by atoms with van der Waals surface area (Å²) in [5.41, 5.74) is 2.42. The van der Waals surface area contributed by atoms with Crippen molar-refractivity contribution in [1.82, 2.24) is 14.5 Å². The molecule has 0 aliphatic rings. The van der Waals surface area contributed by atoms with E-state index in [2.05, 4.69) is 9.82 Å². The number of nitrogens with one attached hydrogen (secondary N) is 1. The van der Waals surface area contributed by atoms with Crippen LogP contribution in [0.2, 0.25) is 0 Å². The van der Waals surface area contributed by atoms with Crippen LogP contribution in [0.1, 0.15) is 28.7 Å². The van der Waals surface area contributed by atoms with Crippen molar-refractivity contribution in [2.75, 3.05) is 0 Å². The third kappa shape index (κ3) is 4.13. The fraction of sp³-hybridized carbons (Fsp3) is 0.200. The summed E-state index contributed by atoms with van der Waals surface area (Å²) in [5, 5.41) is 13.6. The fourth-order valence-corrected chi connectivity index (χ4v) is 4.25. The Hall–Kier alpha value is -2.97. The summed E-state index contributed by atoms with van der Waals surface area (Å²) in [6, 6.07) is 17.1. The van der Waals surface area contributed by atoms with E-state index in [9.17, 15) is 13.2 Å². The lowest BCUT2D eigenvalue weighted by Gasteiger charge is -2.21. The summed E-state index contributed by atoms with van der Waals surface area (Å²) < 4.78 is 30.1. The van der Waals surface area contributed by atoms with Gasteiger partial charge in [0, 0.05) is 11.3 Å². The number of aliphatic carboxylic acids is 1. The molecule has 0 saturated heterocycles. The lowest BCUT2D eigenvalue weighted by atomic mass is 10.1. The van der Waals surface area contributed by atoms with Crippen LogP contribution in [-0.4, -0.2) is 29.3 Å². The molecule has 8 heteroatoms.